The molecule has 0 aliphatic heterocycles. The highest BCUT2D eigenvalue weighted by Gasteiger charge is 2.23. The molecule has 1 N–H and O–H groups in total. The fourth-order valence-corrected chi connectivity index (χ4v) is 2.18. The molecule has 0 spiro atoms. The lowest BCUT2D eigenvalue weighted by atomic mass is 9.77. The van der Waals surface area contributed by atoms with E-state index in [-0.39, 0.29) is 6.10 Å². The summed E-state index contributed by atoms with van der Waals surface area (Å²) in [6.45, 7) is 1.86. The first kappa shape index (κ1) is 9.47. The number of fused-ring (bicyclic) bond motifs is 1. The Bertz CT molecular complexity index is 318. The lowest BCUT2D eigenvalue weighted by Crippen LogP contribution is -2.20. The van der Waals surface area contributed by atoms with E-state index < -0.39 is 0 Å². The first-order chi connectivity index (χ1) is 6.77. The maximum absolute atomic E-state index is 9.40. The van der Waals surface area contributed by atoms with Crippen LogP contribution < -0.4 is 0 Å². The third kappa shape index (κ3) is 1.88. The van der Waals surface area contributed by atoms with Gasteiger partial charge in [-0.15, -0.1) is 0 Å². The van der Waals surface area contributed by atoms with Gasteiger partial charge in [0.25, 0.3) is 0 Å². The largest absolute Gasteiger partial charge is 0.393 e. The average Bonchev–Trinajstić information content (AvgIpc) is 2.18. The van der Waals surface area contributed by atoms with Crippen LogP contribution >= 0.6 is 0 Å². The highest BCUT2D eigenvalue weighted by molar-refractivity contribution is 5.39. The summed E-state index contributed by atoms with van der Waals surface area (Å²) in [7, 11) is 0. The molecule has 0 bridgehead atoms. The Morgan fingerprint density at radius 3 is 2.93 bits per heavy atom. The maximum atomic E-state index is 9.40. The molecule has 2 aliphatic carbocycles. The summed E-state index contributed by atoms with van der Waals surface area (Å²) in [4.78, 5) is 0. The third-order valence-electron chi connectivity index (χ3n) is 2.82. The van der Waals surface area contributed by atoms with Crippen molar-refractivity contribution >= 4 is 0 Å². The second-order valence-corrected chi connectivity index (χ2v) is 4.07. The Morgan fingerprint density at radius 2 is 2.14 bits per heavy atom. The molecule has 0 amide bonds. The van der Waals surface area contributed by atoms with E-state index in [1.807, 2.05) is 6.92 Å². The summed E-state index contributed by atoms with van der Waals surface area (Å²) in [5.74, 6) is 0.927. The van der Waals surface area contributed by atoms with Crippen molar-refractivity contribution in [2.75, 3.05) is 0 Å². The number of aliphatic hydroxyl groups excluding tert-OH is 1. The minimum Gasteiger partial charge on any atom is -0.393 e. The van der Waals surface area contributed by atoms with Gasteiger partial charge in [0.2, 0.25) is 0 Å². The molecule has 0 heterocycles. The van der Waals surface area contributed by atoms with Crippen LogP contribution in [0.4, 0.5) is 0 Å². The lowest BCUT2D eigenvalue weighted by molar-refractivity contribution is 0.163. The van der Waals surface area contributed by atoms with Crippen molar-refractivity contribution in [3.8, 4) is 0 Å². The van der Waals surface area contributed by atoms with Crippen LogP contribution in [-0.4, -0.2) is 11.2 Å². The summed E-state index contributed by atoms with van der Waals surface area (Å²) in [6.07, 6.45) is 15.6. The normalized spacial score (nSPS) is 31.1. The zero-order chi connectivity index (χ0) is 9.97. The summed E-state index contributed by atoms with van der Waals surface area (Å²) < 4.78 is 0. The quantitative estimate of drug-likeness (QED) is 0.706. The van der Waals surface area contributed by atoms with E-state index >= 15 is 0 Å². The zero-order valence-corrected chi connectivity index (χ0v) is 8.43. The van der Waals surface area contributed by atoms with Crippen LogP contribution in [0.3, 0.4) is 0 Å². The van der Waals surface area contributed by atoms with Crippen molar-refractivity contribution in [3.05, 3.63) is 48.1 Å². The molecule has 0 saturated carbocycles. The fraction of sp³-hybridized carbons (Fsp3) is 0.385. The van der Waals surface area contributed by atoms with Crippen molar-refractivity contribution in [2.45, 2.75) is 19.4 Å². The van der Waals surface area contributed by atoms with Crippen LogP contribution in [0.5, 0.6) is 0 Å². The van der Waals surface area contributed by atoms with Crippen molar-refractivity contribution in [1.82, 2.24) is 0 Å². The molecule has 1 heteroatoms. The van der Waals surface area contributed by atoms with Crippen LogP contribution in [0.25, 0.3) is 0 Å². The molecule has 1 nitrogen and oxygen atoms in total. The Balaban J connectivity index is 2.15. The van der Waals surface area contributed by atoms with Crippen molar-refractivity contribution in [2.24, 2.45) is 11.8 Å². The molecule has 3 atom stereocenters. The van der Waals surface area contributed by atoms with E-state index in [9.17, 15) is 5.11 Å². The maximum Gasteiger partial charge on any atom is 0.0518 e. The fourth-order valence-electron chi connectivity index (χ4n) is 2.18. The number of rotatable bonds is 2. The Hall–Kier alpha value is -1.08. The first-order valence-electron chi connectivity index (χ1n) is 5.18. The number of aliphatic hydroxyl groups is 1. The third-order valence-corrected chi connectivity index (χ3v) is 2.82. The Morgan fingerprint density at radius 1 is 1.29 bits per heavy atom. The smallest absolute Gasteiger partial charge is 0.0518 e. The van der Waals surface area contributed by atoms with Gasteiger partial charge in [0.05, 0.1) is 6.10 Å². The van der Waals surface area contributed by atoms with Crippen LogP contribution in [-0.2, 0) is 0 Å². The van der Waals surface area contributed by atoms with E-state index in [0.717, 1.165) is 6.42 Å². The van der Waals surface area contributed by atoms with Crippen molar-refractivity contribution < 1.29 is 5.11 Å². The van der Waals surface area contributed by atoms with Gasteiger partial charge in [0.15, 0.2) is 0 Å². The predicted octanol–water partition coefficient (Wildman–Crippen LogP) is 2.61. The van der Waals surface area contributed by atoms with Crippen LogP contribution in [0, 0.1) is 11.8 Å². The second-order valence-electron chi connectivity index (χ2n) is 4.07. The molecular weight excluding hydrogens is 172 g/mol. The van der Waals surface area contributed by atoms with Gasteiger partial charge in [-0.25, -0.2) is 0 Å². The molecule has 14 heavy (non-hydrogen) atoms. The molecule has 2 aliphatic rings. The van der Waals surface area contributed by atoms with Crippen molar-refractivity contribution in [1.29, 1.82) is 0 Å². The van der Waals surface area contributed by atoms with E-state index in [1.165, 1.54) is 5.57 Å². The van der Waals surface area contributed by atoms with Crippen LogP contribution in [0.2, 0.25) is 0 Å². The van der Waals surface area contributed by atoms with Gasteiger partial charge in [0.1, 0.15) is 0 Å². The molecule has 0 saturated heterocycles. The topological polar surface area (TPSA) is 20.2 Å². The Kier molecular flexibility index (Phi) is 2.69. The predicted molar refractivity (Wildman–Crippen MR) is 58.8 cm³/mol. The minimum atomic E-state index is -0.219. The molecular formula is C13H16O. The first-order valence-corrected chi connectivity index (χ1v) is 5.18. The lowest BCUT2D eigenvalue weighted by Gasteiger charge is -2.28. The number of hydrogen-bond acceptors (Lipinski definition) is 1. The summed E-state index contributed by atoms with van der Waals surface area (Å²) in [5, 5.41) is 9.40. The zero-order valence-electron chi connectivity index (χ0n) is 8.43. The molecule has 0 fully saturated rings. The second kappa shape index (κ2) is 3.97. The van der Waals surface area contributed by atoms with Gasteiger partial charge >= 0.3 is 0 Å². The SMILES string of the molecule is C[C@@H](O)CC1C=CC=C2C=CC=CC21. The van der Waals surface area contributed by atoms with Crippen LogP contribution in [0.1, 0.15) is 13.3 Å². The van der Waals surface area contributed by atoms with Gasteiger partial charge < -0.3 is 5.11 Å². The standard InChI is InChI=1S/C13H16O/c1-10(14)9-12-7-4-6-11-5-2-3-8-13(11)12/h2-8,10,12-14H,9H2,1H3/t10-,12?,13?/m1/s1. The summed E-state index contributed by atoms with van der Waals surface area (Å²) in [5.41, 5.74) is 1.36. The molecule has 0 aromatic carbocycles. The highest BCUT2D eigenvalue weighted by atomic mass is 16.3. The molecule has 2 unspecified atom stereocenters. The van der Waals surface area contributed by atoms with Gasteiger partial charge in [-0.3, -0.25) is 0 Å². The number of hydrogen-bond donors (Lipinski definition) is 1. The van der Waals surface area contributed by atoms with E-state index in [0.29, 0.717) is 11.8 Å². The average molecular weight is 188 g/mol. The van der Waals surface area contributed by atoms with E-state index in [4.69, 9.17) is 0 Å². The van der Waals surface area contributed by atoms with E-state index in [1.54, 1.807) is 0 Å². The Labute approximate surface area is 85.1 Å². The monoisotopic (exact) mass is 188 g/mol. The molecule has 0 aromatic rings. The van der Waals surface area contributed by atoms with Gasteiger partial charge in [-0.1, -0.05) is 42.5 Å². The number of allylic oxidation sites excluding steroid dienone is 8. The van der Waals surface area contributed by atoms with Gasteiger partial charge in [-0.2, -0.15) is 0 Å². The van der Waals surface area contributed by atoms with Gasteiger partial charge in [0, 0.05) is 5.92 Å². The van der Waals surface area contributed by atoms with Crippen molar-refractivity contribution in [3.63, 3.8) is 0 Å². The van der Waals surface area contributed by atoms with E-state index in [2.05, 4.69) is 42.5 Å². The molecule has 0 radical (unpaired) electrons. The summed E-state index contributed by atoms with van der Waals surface area (Å²) in [6, 6.07) is 0. The highest BCUT2D eigenvalue weighted by Crippen LogP contribution is 2.33. The van der Waals surface area contributed by atoms with Gasteiger partial charge in [-0.05, 0) is 24.8 Å². The van der Waals surface area contributed by atoms with Crippen LogP contribution in [0.15, 0.2) is 48.1 Å². The summed E-state index contributed by atoms with van der Waals surface area (Å²) >= 11 is 0. The molecule has 0 aromatic heterocycles. The molecule has 74 valence electrons. The molecule has 2 rings (SSSR count). The minimum absolute atomic E-state index is 0.219.